The topological polar surface area (TPSA) is 61.4 Å². The summed E-state index contributed by atoms with van der Waals surface area (Å²) in [6.07, 6.45) is 0. The fourth-order valence-electron chi connectivity index (χ4n) is 2.32. The first-order valence-corrected chi connectivity index (χ1v) is 8.18. The molecule has 1 aliphatic rings. The second kappa shape index (κ2) is 6.81. The van der Waals surface area contributed by atoms with E-state index < -0.39 is 0 Å². The van der Waals surface area contributed by atoms with Crippen LogP contribution in [0.5, 0.6) is 0 Å². The molecule has 0 unspecified atom stereocenters. The molecule has 7 heteroatoms. The van der Waals surface area contributed by atoms with E-state index in [9.17, 15) is 4.79 Å². The van der Waals surface area contributed by atoms with Gasteiger partial charge in [-0.3, -0.25) is 9.69 Å². The number of rotatable bonds is 4. The van der Waals surface area contributed by atoms with E-state index in [0.717, 1.165) is 45.0 Å². The molecular weight excluding hydrogens is 286 g/mol. The monoisotopic (exact) mass is 311 g/mol. The van der Waals surface area contributed by atoms with Gasteiger partial charge in [0.1, 0.15) is 4.88 Å². The maximum atomic E-state index is 12.6. The van der Waals surface area contributed by atoms with Gasteiger partial charge in [-0.2, -0.15) is 0 Å². The minimum absolute atomic E-state index is 0.0325. The largest absolute Gasteiger partial charge is 0.340 e. The van der Waals surface area contributed by atoms with Crippen molar-refractivity contribution < 1.29 is 4.79 Å². The molecule has 2 heterocycles. The molecule has 118 valence electrons. The highest BCUT2D eigenvalue weighted by molar-refractivity contribution is 7.08. The fraction of sp³-hybridized carbons (Fsp3) is 0.786. The molecule has 0 bridgehead atoms. The molecule has 0 aliphatic carbocycles. The van der Waals surface area contributed by atoms with Crippen LogP contribution in [-0.2, 0) is 5.41 Å². The van der Waals surface area contributed by atoms with Gasteiger partial charge in [-0.25, -0.2) is 0 Å². The Hall–Kier alpha value is -1.05. The van der Waals surface area contributed by atoms with Gasteiger partial charge < -0.3 is 10.2 Å². The molecule has 1 N–H and O–H groups in total. The molecule has 1 fully saturated rings. The maximum absolute atomic E-state index is 12.6. The molecule has 1 aliphatic heterocycles. The zero-order chi connectivity index (χ0) is 15.5. The Morgan fingerprint density at radius 1 is 1.38 bits per heavy atom. The van der Waals surface area contributed by atoms with Gasteiger partial charge in [0.2, 0.25) is 0 Å². The summed E-state index contributed by atoms with van der Waals surface area (Å²) >= 11 is 1.20. The van der Waals surface area contributed by atoms with Crippen LogP contribution in [0.4, 0.5) is 0 Å². The fourth-order valence-corrected chi connectivity index (χ4v) is 3.19. The summed E-state index contributed by atoms with van der Waals surface area (Å²) in [7, 11) is 1.86. The van der Waals surface area contributed by atoms with E-state index in [4.69, 9.17) is 0 Å². The van der Waals surface area contributed by atoms with Crippen molar-refractivity contribution in [1.29, 1.82) is 0 Å². The van der Waals surface area contributed by atoms with E-state index in [0.29, 0.717) is 4.88 Å². The van der Waals surface area contributed by atoms with Gasteiger partial charge in [0.05, 0.1) is 5.69 Å². The Kier molecular flexibility index (Phi) is 5.29. The number of piperazine rings is 1. The third-order valence-electron chi connectivity index (χ3n) is 3.70. The highest BCUT2D eigenvalue weighted by atomic mass is 32.1. The van der Waals surface area contributed by atoms with Gasteiger partial charge in [-0.05, 0) is 11.5 Å². The first kappa shape index (κ1) is 16.3. The lowest BCUT2D eigenvalue weighted by atomic mass is 9.91. The number of likely N-dealkylation sites (N-methyl/N-ethyl adjacent to an activating group) is 1. The van der Waals surface area contributed by atoms with Gasteiger partial charge in [0, 0.05) is 51.7 Å². The van der Waals surface area contributed by atoms with E-state index in [2.05, 4.69) is 40.6 Å². The van der Waals surface area contributed by atoms with Crippen LogP contribution in [0.3, 0.4) is 0 Å². The Morgan fingerprint density at radius 3 is 2.67 bits per heavy atom. The van der Waals surface area contributed by atoms with Gasteiger partial charge in [0.25, 0.3) is 5.91 Å². The van der Waals surface area contributed by atoms with Gasteiger partial charge in [0.15, 0.2) is 0 Å². The standard InChI is InChI=1S/C14H25N5OS/c1-14(2,3)12-11(21-17-16-12)13(20)18(4)9-10-19-7-5-15-6-8-19/h15H,5-10H2,1-4H3. The predicted molar refractivity (Wildman–Crippen MR) is 84.9 cm³/mol. The second-order valence-corrected chi connectivity index (χ2v) is 7.27. The molecular formula is C14H25N5OS. The number of aromatic nitrogens is 2. The van der Waals surface area contributed by atoms with E-state index in [-0.39, 0.29) is 11.3 Å². The Labute approximate surface area is 130 Å². The molecule has 1 aromatic heterocycles. The molecule has 0 saturated carbocycles. The van der Waals surface area contributed by atoms with Crippen molar-refractivity contribution in [2.75, 3.05) is 46.3 Å². The van der Waals surface area contributed by atoms with Gasteiger partial charge in [-0.15, -0.1) is 5.10 Å². The molecule has 0 spiro atoms. The third-order valence-corrected chi connectivity index (χ3v) is 4.41. The summed E-state index contributed by atoms with van der Waals surface area (Å²) in [5.74, 6) is 0.0325. The number of nitrogens with one attached hydrogen (secondary N) is 1. The highest BCUT2D eigenvalue weighted by Gasteiger charge is 2.28. The van der Waals surface area contributed by atoms with E-state index in [1.807, 2.05) is 7.05 Å². The average Bonchev–Trinajstić information content (AvgIpc) is 2.94. The van der Waals surface area contributed by atoms with Gasteiger partial charge >= 0.3 is 0 Å². The zero-order valence-corrected chi connectivity index (χ0v) is 14.2. The molecule has 1 aromatic rings. The second-order valence-electron chi connectivity index (χ2n) is 6.52. The third kappa shape index (κ3) is 4.21. The lowest BCUT2D eigenvalue weighted by Gasteiger charge is -2.29. The summed E-state index contributed by atoms with van der Waals surface area (Å²) in [4.78, 5) is 17.4. The first-order chi connectivity index (χ1) is 9.89. The molecule has 6 nitrogen and oxygen atoms in total. The minimum Gasteiger partial charge on any atom is -0.340 e. The number of amides is 1. The summed E-state index contributed by atoms with van der Waals surface area (Å²) in [5, 5.41) is 7.48. The summed E-state index contributed by atoms with van der Waals surface area (Å²) in [6.45, 7) is 12.0. The number of hydrogen-bond acceptors (Lipinski definition) is 6. The van der Waals surface area contributed by atoms with Crippen LogP contribution in [0, 0.1) is 0 Å². The number of hydrogen-bond donors (Lipinski definition) is 1. The maximum Gasteiger partial charge on any atom is 0.267 e. The lowest BCUT2D eigenvalue weighted by Crippen LogP contribution is -2.46. The van der Waals surface area contributed by atoms with Crippen LogP contribution in [0.2, 0.25) is 0 Å². The summed E-state index contributed by atoms with van der Waals surface area (Å²) in [5.41, 5.74) is 0.642. The number of carbonyl (C=O) groups is 1. The Bertz CT molecular complexity index is 476. The first-order valence-electron chi connectivity index (χ1n) is 7.41. The Morgan fingerprint density at radius 2 is 2.05 bits per heavy atom. The van der Waals surface area contributed by atoms with Crippen molar-refractivity contribution in [2.24, 2.45) is 0 Å². The molecule has 1 amide bonds. The lowest BCUT2D eigenvalue weighted by molar-refractivity contribution is 0.0777. The van der Waals surface area contributed by atoms with E-state index in [1.54, 1.807) is 4.90 Å². The normalized spacial score (nSPS) is 17.0. The number of nitrogens with zero attached hydrogens (tertiary/aromatic N) is 4. The molecule has 1 saturated heterocycles. The Balaban J connectivity index is 1.94. The van der Waals surface area contributed by atoms with Crippen LogP contribution in [0.1, 0.15) is 36.1 Å². The van der Waals surface area contributed by atoms with Gasteiger partial charge in [-0.1, -0.05) is 25.3 Å². The predicted octanol–water partition coefficient (Wildman–Crippen LogP) is 0.813. The van der Waals surface area contributed by atoms with Crippen LogP contribution in [-0.4, -0.2) is 71.6 Å². The van der Waals surface area contributed by atoms with Crippen LogP contribution in [0.15, 0.2) is 0 Å². The summed E-state index contributed by atoms with van der Waals surface area (Å²) < 4.78 is 3.97. The van der Waals surface area contributed by atoms with Crippen molar-refractivity contribution >= 4 is 17.4 Å². The molecule has 0 atom stereocenters. The highest BCUT2D eigenvalue weighted by Crippen LogP contribution is 2.26. The van der Waals surface area contributed by atoms with Crippen molar-refractivity contribution in [3.63, 3.8) is 0 Å². The molecule has 21 heavy (non-hydrogen) atoms. The summed E-state index contributed by atoms with van der Waals surface area (Å²) in [6, 6.07) is 0. The van der Waals surface area contributed by atoms with Crippen LogP contribution in [0.25, 0.3) is 0 Å². The molecule has 2 rings (SSSR count). The molecule has 0 radical (unpaired) electrons. The van der Waals surface area contributed by atoms with E-state index in [1.165, 1.54) is 11.5 Å². The molecule has 0 aromatic carbocycles. The van der Waals surface area contributed by atoms with Crippen LogP contribution >= 0.6 is 11.5 Å². The zero-order valence-electron chi connectivity index (χ0n) is 13.3. The van der Waals surface area contributed by atoms with Crippen LogP contribution < -0.4 is 5.32 Å². The number of carbonyl (C=O) groups excluding carboxylic acids is 1. The van der Waals surface area contributed by atoms with Crippen molar-refractivity contribution in [3.05, 3.63) is 10.6 Å². The SMILES string of the molecule is CN(CCN1CCNCC1)C(=O)c1snnc1C(C)(C)C. The van der Waals surface area contributed by atoms with E-state index >= 15 is 0 Å². The quantitative estimate of drug-likeness (QED) is 0.892. The average molecular weight is 311 g/mol. The van der Waals surface area contributed by atoms with Crippen molar-refractivity contribution in [3.8, 4) is 0 Å². The van der Waals surface area contributed by atoms with Crippen molar-refractivity contribution in [2.45, 2.75) is 26.2 Å². The smallest absolute Gasteiger partial charge is 0.267 e. The minimum atomic E-state index is -0.155. The van der Waals surface area contributed by atoms with Crippen molar-refractivity contribution in [1.82, 2.24) is 24.7 Å².